The molecule has 1 heterocycles. The number of ether oxygens (including phenoxy) is 1. The highest BCUT2D eigenvalue weighted by molar-refractivity contribution is 4.76. The van der Waals surface area contributed by atoms with E-state index in [2.05, 4.69) is 31.0 Å². The van der Waals surface area contributed by atoms with Crippen molar-refractivity contribution in [3.63, 3.8) is 0 Å². The first-order valence-corrected chi connectivity index (χ1v) is 8.25. The lowest BCUT2D eigenvalue weighted by Gasteiger charge is -2.30. The first kappa shape index (κ1) is 16.9. The van der Waals surface area contributed by atoms with Crippen molar-refractivity contribution in [2.75, 3.05) is 39.4 Å². The van der Waals surface area contributed by atoms with Crippen molar-refractivity contribution in [2.45, 2.75) is 58.9 Å². The Balaban J connectivity index is 2.12. The van der Waals surface area contributed by atoms with Crippen LogP contribution in [-0.4, -0.2) is 50.3 Å². The average Bonchev–Trinajstić information content (AvgIpc) is 2.39. The Morgan fingerprint density at radius 1 is 1.21 bits per heavy atom. The summed E-state index contributed by atoms with van der Waals surface area (Å²) in [6.45, 7) is 13.3. The third-order valence-electron chi connectivity index (χ3n) is 3.82. The molecule has 1 aliphatic heterocycles. The van der Waals surface area contributed by atoms with Crippen LogP contribution in [0.2, 0.25) is 0 Å². The monoisotopic (exact) mass is 270 g/mol. The van der Waals surface area contributed by atoms with Crippen LogP contribution in [-0.2, 0) is 4.74 Å². The van der Waals surface area contributed by atoms with Gasteiger partial charge in [-0.3, -0.25) is 4.90 Å². The second-order valence-corrected chi connectivity index (χ2v) is 6.24. The summed E-state index contributed by atoms with van der Waals surface area (Å²) in [6, 6.07) is 0.705. The van der Waals surface area contributed by atoms with E-state index in [0.717, 1.165) is 25.7 Å². The number of piperidine rings is 1. The Morgan fingerprint density at radius 3 is 2.68 bits per heavy atom. The van der Waals surface area contributed by atoms with Gasteiger partial charge in [0, 0.05) is 25.7 Å². The van der Waals surface area contributed by atoms with Crippen LogP contribution < -0.4 is 5.32 Å². The van der Waals surface area contributed by atoms with E-state index < -0.39 is 0 Å². The minimum Gasteiger partial charge on any atom is -0.380 e. The molecule has 114 valence electrons. The number of nitrogens with one attached hydrogen (secondary N) is 1. The molecule has 1 aliphatic rings. The van der Waals surface area contributed by atoms with E-state index in [1.165, 1.54) is 51.7 Å². The third kappa shape index (κ3) is 8.61. The van der Waals surface area contributed by atoms with E-state index in [0.29, 0.717) is 6.04 Å². The molecule has 0 saturated carbocycles. The van der Waals surface area contributed by atoms with E-state index in [1.807, 2.05) is 0 Å². The maximum atomic E-state index is 5.75. The van der Waals surface area contributed by atoms with E-state index in [-0.39, 0.29) is 0 Å². The van der Waals surface area contributed by atoms with Gasteiger partial charge in [-0.15, -0.1) is 0 Å². The molecular weight excluding hydrogens is 236 g/mol. The van der Waals surface area contributed by atoms with Gasteiger partial charge in [0.2, 0.25) is 0 Å². The summed E-state index contributed by atoms with van der Waals surface area (Å²) in [7, 11) is 0. The van der Waals surface area contributed by atoms with Gasteiger partial charge in [0.1, 0.15) is 0 Å². The topological polar surface area (TPSA) is 24.5 Å². The fraction of sp³-hybridized carbons (Fsp3) is 1.00. The number of nitrogens with zero attached hydrogens (tertiary/aromatic N) is 1. The molecule has 0 radical (unpaired) electrons. The van der Waals surface area contributed by atoms with Gasteiger partial charge in [0.15, 0.2) is 0 Å². The van der Waals surface area contributed by atoms with Gasteiger partial charge in [0.05, 0.1) is 6.61 Å². The summed E-state index contributed by atoms with van der Waals surface area (Å²) in [6.07, 6.45) is 6.50. The standard InChI is InChI=1S/C16H34N2O/c1-4-10-18(11-13-19-12-8-15(2)3)14-16-7-5-6-9-17-16/h15-17H,4-14H2,1-3H3. The number of hydrogen-bond acceptors (Lipinski definition) is 3. The SMILES string of the molecule is CCCN(CCOCCC(C)C)CC1CCCCN1. The predicted molar refractivity (Wildman–Crippen MR) is 82.6 cm³/mol. The maximum Gasteiger partial charge on any atom is 0.0593 e. The molecule has 1 unspecified atom stereocenters. The zero-order chi connectivity index (χ0) is 13.9. The molecule has 1 saturated heterocycles. The molecule has 1 rings (SSSR count). The highest BCUT2D eigenvalue weighted by atomic mass is 16.5. The second-order valence-electron chi connectivity index (χ2n) is 6.24. The Morgan fingerprint density at radius 2 is 2.05 bits per heavy atom. The van der Waals surface area contributed by atoms with Crippen molar-refractivity contribution in [1.82, 2.24) is 10.2 Å². The van der Waals surface area contributed by atoms with Crippen molar-refractivity contribution in [3.05, 3.63) is 0 Å². The van der Waals surface area contributed by atoms with Crippen LogP contribution in [0, 0.1) is 5.92 Å². The molecule has 0 aromatic rings. The summed E-state index contributed by atoms with van der Waals surface area (Å²) in [5, 5.41) is 3.64. The summed E-state index contributed by atoms with van der Waals surface area (Å²) in [5.41, 5.74) is 0. The van der Waals surface area contributed by atoms with Crippen molar-refractivity contribution >= 4 is 0 Å². The molecule has 0 aromatic heterocycles. The van der Waals surface area contributed by atoms with Crippen molar-refractivity contribution < 1.29 is 4.74 Å². The van der Waals surface area contributed by atoms with Crippen LogP contribution in [0.15, 0.2) is 0 Å². The molecule has 3 heteroatoms. The molecule has 0 spiro atoms. The summed E-state index contributed by atoms with van der Waals surface area (Å²) in [4.78, 5) is 2.57. The van der Waals surface area contributed by atoms with Gasteiger partial charge in [0.25, 0.3) is 0 Å². The average molecular weight is 270 g/mol. The predicted octanol–water partition coefficient (Wildman–Crippen LogP) is 2.90. The second kappa shape index (κ2) is 10.6. The molecule has 1 fully saturated rings. The van der Waals surface area contributed by atoms with Gasteiger partial charge >= 0.3 is 0 Å². The number of hydrogen-bond donors (Lipinski definition) is 1. The lowest BCUT2D eigenvalue weighted by molar-refractivity contribution is 0.0912. The minimum atomic E-state index is 0.705. The summed E-state index contributed by atoms with van der Waals surface area (Å²) < 4.78 is 5.75. The zero-order valence-electron chi connectivity index (χ0n) is 13.3. The lowest BCUT2D eigenvalue weighted by atomic mass is 10.0. The Labute approximate surface area is 120 Å². The zero-order valence-corrected chi connectivity index (χ0v) is 13.3. The van der Waals surface area contributed by atoms with Crippen LogP contribution in [0.5, 0.6) is 0 Å². The quantitative estimate of drug-likeness (QED) is 0.618. The molecule has 0 aromatic carbocycles. The van der Waals surface area contributed by atoms with E-state index in [1.54, 1.807) is 0 Å². The fourth-order valence-corrected chi connectivity index (χ4v) is 2.62. The molecule has 0 bridgehead atoms. The Bertz CT molecular complexity index is 203. The molecule has 1 N–H and O–H groups in total. The summed E-state index contributed by atoms with van der Waals surface area (Å²) >= 11 is 0. The lowest BCUT2D eigenvalue weighted by Crippen LogP contribution is -2.44. The number of rotatable bonds is 10. The largest absolute Gasteiger partial charge is 0.380 e. The van der Waals surface area contributed by atoms with Gasteiger partial charge in [-0.2, -0.15) is 0 Å². The molecule has 0 aliphatic carbocycles. The third-order valence-corrected chi connectivity index (χ3v) is 3.82. The van der Waals surface area contributed by atoms with Crippen LogP contribution in [0.1, 0.15) is 52.9 Å². The highest BCUT2D eigenvalue weighted by Crippen LogP contribution is 2.09. The van der Waals surface area contributed by atoms with Crippen LogP contribution in [0.25, 0.3) is 0 Å². The molecule has 1 atom stereocenters. The van der Waals surface area contributed by atoms with Crippen LogP contribution >= 0.6 is 0 Å². The molecule has 3 nitrogen and oxygen atoms in total. The first-order valence-electron chi connectivity index (χ1n) is 8.25. The van der Waals surface area contributed by atoms with Crippen molar-refractivity contribution in [3.8, 4) is 0 Å². The molecular formula is C16H34N2O. The van der Waals surface area contributed by atoms with Crippen LogP contribution in [0.4, 0.5) is 0 Å². The minimum absolute atomic E-state index is 0.705. The Hall–Kier alpha value is -0.120. The maximum absolute atomic E-state index is 5.75. The first-order chi connectivity index (χ1) is 9.22. The van der Waals surface area contributed by atoms with Gasteiger partial charge in [-0.05, 0) is 44.7 Å². The van der Waals surface area contributed by atoms with E-state index >= 15 is 0 Å². The molecule has 0 amide bonds. The van der Waals surface area contributed by atoms with Crippen molar-refractivity contribution in [2.24, 2.45) is 5.92 Å². The Kier molecular flexibility index (Phi) is 9.48. The van der Waals surface area contributed by atoms with Gasteiger partial charge in [-0.1, -0.05) is 27.2 Å². The van der Waals surface area contributed by atoms with E-state index in [9.17, 15) is 0 Å². The molecule has 19 heavy (non-hydrogen) atoms. The summed E-state index contributed by atoms with van der Waals surface area (Å²) in [5.74, 6) is 0.748. The van der Waals surface area contributed by atoms with Crippen LogP contribution in [0.3, 0.4) is 0 Å². The van der Waals surface area contributed by atoms with Gasteiger partial charge in [-0.25, -0.2) is 0 Å². The van der Waals surface area contributed by atoms with Gasteiger partial charge < -0.3 is 10.1 Å². The van der Waals surface area contributed by atoms with E-state index in [4.69, 9.17) is 4.74 Å². The highest BCUT2D eigenvalue weighted by Gasteiger charge is 2.15. The van der Waals surface area contributed by atoms with Crippen molar-refractivity contribution in [1.29, 1.82) is 0 Å². The normalized spacial score (nSPS) is 20.4. The fourth-order valence-electron chi connectivity index (χ4n) is 2.62. The smallest absolute Gasteiger partial charge is 0.0593 e.